The van der Waals surface area contributed by atoms with Crippen molar-refractivity contribution in [3.05, 3.63) is 58.6 Å². The average Bonchev–Trinajstić information content (AvgIpc) is 2.36. The topological polar surface area (TPSA) is 72.6 Å². The molecule has 0 fully saturated rings. The van der Waals surface area contributed by atoms with Crippen LogP contribution in [0.5, 0.6) is 5.75 Å². The van der Waals surface area contributed by atoms with Crippen LogP contribution in [-0.4, -0.2) is 11.1 Å². The minimum Gasteiger partial charge on any atom is -0.488 e. The first-order valence-electron chi connectivity index (χ1n) is 5.56. The fraction of sp³-hybridized carbons (Fsp3) is 0.0714. The molecule has 0 spiro atoms. The Morgan fingerprint density at radius 1 is 1.26 bits per heavy atom. The Balaban J connectivity index is 2.19. The van der Waals surface area contributed by atoms with E-state index in [-0.39, 0.29) is 17.9 Å². The highest BCUT2D eigenvalue weighted by Gasteiger charge is 2.11. The van der Waals surface area contributed by atoms with Gasteiger partial charge in [-0.05, 0) is 29.8 Å². The smallest absolute Gasteiger partial charge is 0.339 e. The Labute approximate surface area is 115 Å². The van der Waals surface area contributed by atoms with Crippen LogP contribution >= 0.6 is 11.6 Å². The van der Waals surface area contributed by atoms with Crippen molar-refractivity contribution in [2.75, 3.05) is 5.73 Å². The van der Waals surface area contributed by atoms with E-state index in [4.69, 9.17) is 27.2 Å². The van der Waals surface area contributed by atoms with Gasteiger partial charge >= 0.3 is 5.97 Å². The number of carboxylic acid groups (broad SMARTS) is 1. The normalized spacial score (nSPS) is 10.2. The second-order valence-corrected chi connectivity index (χ2v) is 4.42. The molecule has 0 radical (unpaired) electrons. The number of hydrogen-bond donors (Lipinski definition) is 2. The number of nitrogen functional groups attached to an aromatic ring is 1. The number of nitrogens with two attached hydrogens (primary N) is 1. The van der Waals surface area contributed by atoms with Gasteiger partial charge in [-0.1, -0.05) is 23.7 Å². The minimum absolute atomic E-state index is 0.0798. The van der Waals surface area contributed by atoms with Gasteiger partial charge in [-0.3, -0.25) is 0 Å². The summed E-state index contributed by atoms with van der Waals surface area (Å²) in [5.74, 6) is -0.812. The van der Waals surface area contributed by atoms with E-state index in [1.54, 1.807) is 18.2 Å². The molecule has 0 saturated carbocycles. The van der Waals surface area contributed by atoms with Crippen LogP contribution in [0.3, 0.4) is 0 Å². The van der Waals surface area contributed by atoms with E-state index < -0.39 is 5.97 Å². The van der Waals surface area contributed by atoms with Gasteiger partial charge in [0.2, 0.25) is 0 Å². The zero-order valence-electron chi connectivity index (χ0n) is 9.97. The quantitative estimate of drug-likeness (QED) is 0.842. The van der Waals surface area contributed by atoms with Crippen molar-refractivity contribution in [1.82, 2.24) is 0 Å². The van der Waals surface area contributed by atoms with Gasteiger partial charge in [-0.2, -0.15) is 0 Å². The van der Waals surface area contributed by atoms with Crippen molar-refractivity contribution >= 4 is 23.3 Å². The molecule has 19 heavy (non-hydrogen) atoms. The molecule has 5 heteroatoms. The summed E-state index contributed by atoms with van der Waals surface area (Å²) in [6.07, 6.45) is 0. The highest BCUT2D eigenvalue weighted by molar-refractivity contribution is 6.30. The van der Waals surface area contributed by atoms with E-state index in [0.29, 0.717) is 10.7 Å². The third-order valence-electron chi connectivity index (χ3n) is 2.52. The van der Waals surface area contributed by atoms with Crippen LogP contribution in [0.25, 0.3) is 0 Å². The number of hydrogen-bond acceptors (Lipinski definition) is 3. The number of carbonyl (C=O) groups is 1. The number of ether oxygens (including phenoxy) is 1. The number of rotatable bonds is 4. The van der Waals surface area contributed by atoms with Gasteiger partial charge in [0, 0.05) is 16.8 Å². The fourth-order valence-corrected chi connectivity index (χ4v) is 1.84. The Morgan fingerprint density at radius 3 is 2.74 bits per heavy atom. The number of carboxylic acids is 1. The monoisotopic (exact) mass is 277 g/mol. The lowest BCUT2D eigenvalue weighted by atomic mass is 10.2. The van der Waals surface area contributed by atoms with Crippen LogP contribution in [0.4, 0.5) is 5.69 Å². The van der Waals surface area contributed by atoms with Crippen molar-refractivity contribution in [2.24, 2.45) is 0 Å². The first-order valence-corrected chi connectivity index (χ1v) is 5.94. The van der Waals surface area contributed by atoms with Crippen molar-refractivity contribution in [2.45, 2.75) is 6.61 Å². The van der Waals surface area contributed by atoms with Crippen LogP contribution in [0.15, 0.2) is 42.5 Å². The molecule has 0 aliphatic heterocycles. The number of halogens is 1. The van der Waals surface area contributed by atoms with E-state index in [9.17, 15) is 4.79 Å². The molecule has 0 atom stereocenters. The zero-order chi connectivity index (χ0) is 13.8. The standard InChI is InChI=1S/C14H12ClNO3/c15-10-3-1-2-9(6-10)8-19-13-7-11(16)4-5-12(13)14(17)18/h1-7H,8,16H2,(H,17,18). The molecule has 0 saturated heterocycles. The first-order chi connectivity index (χ1) is 9.06. The Kier molecular flexibility index (Phi) is 3.92. The van der Waals surface area contributed by atoms with Crippen LogP contribution in [0.1, 0.15) is 15.9 Å². The maximum absolute atomic E-state index is 11.1. The lowest BCUT2D eigenvalue weighted by Crippen LogP contribution is -2.04. The number of anilines is 1. The summed E-state index contributed by atoms with van der Waals surface area (Å²) < 4.78 is 5.50. The molecule has 0 aliphatic rings. The molecule has 0 unspecified atom stereocenters. The molecular weight excluding hydrogens is 266 g/mol. The number of aromatic carboxylic acids is 1. The molecule has 2 rings (SSSR count). The molecule has 0 amide bonds. The largest absolute Gasteiger partial charge is 0.488 e. The number of benzene rings is 2. The van der Waals surface area contributed by atoms with Gasteiger partial charge in [-0.15, -0.1) is 0 Å². The van der Waals surface area contributed by atoms with Crippen molar-refractivity contribution < 1.29 is 14.6 Å². The summed E-state index contributed by atoms with van der Waals surface area (Å²) >= 11 is 5.86. The van der Waals surface area contributed by atoms with Gasteiger partial charge in [0.1, 0.15) is 17.9 Å². The average molecular weight is 278 g/mol. The fourth-order valence-electron chi connectivity index (χ4n) is 1.62. The molecule has 2 aromatic carbocycles. The summed E-state index contributed by atoms with van der Waals surface area (Å²) in [7, 11) is 0. The highest BCUT2D eigenvalue weighted by Crippen LogP contribution is 2.23. The minimum atomic E-state index is -1.05. The molecule has 2 aromatic rings. The van der Waals surface area contributed by atoms with Crippen LogP contribution in [0, 0.1) is 0 Å². The Hall–Kier alpha value is -2.20. The van der Waals surface area contributed by atoms with Crippen LogP contribution in [-0.2, 0) is 6.61 Å². The lowest BCUT2D eigenvalue weighted by Gasteiger charge is -2.10. The summed E-state index contributed by atoms with van der Waals surface area (Å²) in [6, 6.07) is 11.6. The van der Waals surface area contributed by atoms with Crippen molar-refractivity contribution in [3.8, 4) is 5.75 Å². The van der Waals surface area contributed by atoms with E-state index >= 15 is 0 Å². The molecule has 0 aliphatic carbocycles. The van der Waals surface area contributed by atoms with Gasteiger partial charge in [0.15, 0.2) is 0 Å². The molecular formula is C14H12ClNO3. The Bertz CT molecular complexity index is 613. The SMILES string of the molecule is Nc1ccc(C(=O)O)c(OCc2cccc(Cl)c2)c1. The molecule has 0 aromatic heterocycles. The zero-order valence-corrected chi connectivity index (χ0v) is 10.7. The van der Waals surface area contributed by atoms with E-state index in [1.165, 1.54) is 18.2 Å². The summed E-state index contributed by atoms with van der Waals surface area (Å²) in [5, 5.41) is 9.66. The van der Waals surface area contributed by atoms with Crippen LogP contribution in [0.2, 0.25) is 5.02 Å². The van der Waals surface area contributed by atoms with E-state index in [1.807, 2.05) is 6.07 Å². The van der Waals surface area contributed by atoms with E-state index in [2.05, 4.69) is 0 Å². The maximum Gasteiger partial charge on any atom is 0.339 e. The summed E-state index contributed by atoms with van der Waals surface area (Å²) in [6.45, 7) is 0.226. The van der Waals surface area contributed by atoms with Gasteiger partial charge in [0.05, 0.1) is 0 Å². The lowest BCUT2D eigenvalue weighted by molar-refractivity contribution is 0.0692. The molecule has 0 bridgehead atoms. The van der Waals surface area contributed by atoms with Crippen LogP contribution < -0.4 is 10.5 Å². The van der Waals surface area contributed by atoms with Crippen molar-refractivity contribution in [1.29, 1.82) is 0 Å². The van der Waals surface area contributed by atoms with Gasteiger partial charge in [-0.25, -0.2) is 4.79 Å². The summed E-state index contributed by atoms with van der Waals surface area (Å²) in [4.78, 5) is 11.1. The molecule has 98 valence electrons. The molecule has 4 nitrogen and oxygen atoms in total. The maximum atomic E-state index is 11.1. The summed E-state index contributed by atoms with van der Waals surface area (Å²) in [5.41, 5.74) is 7.01. The predicted molar refractivity (Wildman–Crippen MR) is 73.6 cm³/mol. The Morgan fingerprint density at radius 2 is 2.05 bits per heavy atom. The predicted octanol–water partition coefficient (Wildman–Crippen LogP) is 3.20. The second-order valence-electron chi connectivity index (χ2n) is 3.98. The van der Waals surface area contributed by atoms with Gasteiger partial charge in [0.25, 0.3) is 0 Å². The highest BCUT2D eigenvalue weighted by atomic mass is 35.5. The third kappa shape index (κ3) is 3.39. The molecule has 3 N–H and O–H groups in total. The third-order valence-corrected chi connectivity index (χ3v) is 2.75. The first kappa shape index (κ1) is 13.2. The van der Waals surface area contributed by atoms with Gasteiger partial charge < -0.3 is 15.6 Å². The second kappa shape index (κ2) is 5.63. The van der Waals surface area contributed by atoms with E-state index in [0.717, 1.165) is 5.56 Å². The van der Waals surface area contributed by atoms with Crippen molar-refractivity contribution in [3.63, 3.8) is 0 Å². The molecule has 0 heterocycles.